The summed E-state index contributed by atoms with van der Waals surface area (Å²) in [4.78, 5) is 12.2. The highest BCUT2D eigenvalue weighted by Gasteiger charge is 2.07. The molecule has 0 unspecified atom stereocenters. The molecule has 140 valence electrons. The first-order valence-electron chi connectivity index (χ1n) is 8.64. The van der Waals surface area contributed by atoms with E-state index < -0.39 is 0 Å². The van der Waals surface area contributed by atoms with Crippen LogP contribution in [0.15, 0.2) is 34.8 Å². The fourth-order valence-electron chi connectivity index (χ4n) is 2.95. The first kappa shape index (κ1) is 20.7. The van der Waals surface area contributed by atoms with Crippen LogP contribution in [0.4, 0.5) is 0 Å². The number of aromatic amines is 1. The van der Waals surface area contributed by atoms with E-state index in [2.05, 4.69) is 69.2 Å². The minimum Gasteiger partial charge on any atom is -0.361 e. The molecule has 2 aromatic heterocycles. The van der Waals surface area contributed by atoms with Crippen molar-refractivity contribution in [1.82, 2.24) is 20.6 Å². The normalized spacial score (nSPS) is 11.4. The van der Waals surface area contributed by atoms with Crippen molar-refractivity contribution in [3.8, 4) is 0 Å². The van der Waals surface area contributed by atoms with Crippen molar-refractivity contribution in [3.05, 3.63) is 51.6 Å². The lowest BCUT2D eigenvalue weighted by atomic mass is 10.1. The van der Waals surface area contributed by atoms with Gasteiger partial charge in [-0.3, -0.25) is 4.99 Å². The van der Waals surface area contributed by atoms with E-state index in [0.29, 0.717) is 6.54 Å². The summed E-state index contributed by atoms with van der Waals surface area (Å²) in [5.41, 5.74) is 4.92. The van der Waals surface area contributed by atoms with Gasteiger partial charge in [-0.05, 0) is 37.0 Å². The lowest BCUT2D eigenvalue weighted by molar-refractivity contribution is 0.785. The molecule has 3 N–H and O–H groups in total. The van der Waals surface area contributed by atoms with Crippen molar-refractivity contribution < 1.29 is 0 Å². The molecule has 0 aliphatic rings. The van der Waals surface area contributed by atoms with Gasteiger partial charge < -0.3 is 15.6 Å². The fourth-order valence-corrected chi connectivity index (χ4v) is 3.70. The average Bonchev–Trinajstić information content (AvgIpc) is 3.25. The smallest absolute Gasteiger partial charge is 0.191 e. The molecule has 0 aliphatic carbocycles. The molecule has 0 radical (unpaired) electrons. The van der Waals surface area contributed by atoms with Gasteiger partial charge in [-0.2, -0.15) is 0 Å². The number of aliphatic imine (C=N–C) groups is 1. The summed E-state index contributed by atoms with van der Waals surface area (Å²) < 4.78 is 0. The first-order valence-corrected chi connectivity index (χ1v) is 9.52. The molecular weight excluding hydrogens is 457 g/mol. The minimum absolute atomic E-state index is 0. The second kappa shape index (κ2) is 9.91. The number of nitrogens with zero attached hydrogens (tertiary/aromatic N) is 2. The molecule has 1 aromatic carbocycles. The van der Waals surface area contributed by atoms with Gasteiger partial charge in [0.25, 0.3) is 0 Å². The summed E-state index contributed by atoms with van der Waals surface area (Å²) in [6.45, 7) is 5.82. The van der Waals surface area contributed by atoms with Gasteiger partial charge in [-0.1, -0.05) is 19.1 Å². The standard InChI is InChI=1S/C19H25N5S.HI/c1-4-17-24-15(12-25-17)11-23-19(20-3)21-9-8-14-10-22-16-7-5-6-13(2)18(14)16;/h5-7,10,12,22H,4,8-9,11H2,1-3H3,(H2,20,21,23);1H. The number of aryl methyl sites for hydroxylation is 2. The number of hydrogen-bond acceptors (Lipinski definition) is 3. The van der Waals surface area contributed by atoms with Gasteiger partial charge in [0.1, 0.15) is 0 Å². The monoisotopic (exact) mass is 483 g/mol. The van der Waals surface area contributed by atoms with E-state index in [-0.39, 0.29) is 24.0 Å². The molecule has 7 heteroatoms. The quantitative estimate of drug-likeness (QED) is 0.282. The van der Waals surface area contributed by atoms with Crippen molar-refractivity contribution in [2.24, 2.45) is 4.99 Å². The number of benzene rings is 1. The number of fused-ring (bicyclic) bond motifs is 1. The Morgan fingerprint density at radius 3 is 2.88 bits per heavy atom. The third-order valence-corrected chi connectivity index (χ3v) is 5.29. The molecule has 0 aliphatic heterocycles. The Morgan fingerprint density at radius 2 is 2.15 bits per heavy atom. The highest BCUT2D eigenvalue weighted by Crippen LogP contribution is 2.22. The van der Waals surface area contributed by atoms with Gasteiger partial charge in [-0.25, -0.2) is 4.98 Å². The van der Waals surface area contributed by atoms with Crippen LogP contribution in [0.2, 0.25) is 0 Å². The largest absolute Gasteiger partial charge is 0.361 e. The third-order valence-electron chi connectivity index (χ3n) is 4.24. The second-order valence-electron chi connectivity index (χ2n) is 6.00. The zero-order valence-corrected chi connectivity index (χ0v) is 18.6. The molecule has 5 nitrogen and oxygen atoms in total. The zero-order chi connectivity index (χ0) is 17.6. The number of halogens is 1. The van der Waals surface area contributed by atoms with Crippen LogP contribution in [0.3, 0.4) is 0 Å². The molecule has 0 bridgehead atoms. The van der Waals surface area contributed by atoms with Gasteiger partial charge in [0.05, 0.1) is 17.2 Å². The second-order valence-corrected chi connectivity index (χ2v) is 6.94. The van der Waals surface area contributed by atoms with E-state index in [1.54, 1.807) is 18.4 Å². The molecule has 26 heavy (non-hydrogen) atoms. The van der Waals surface area contributed by atoms with E-state index in [4.69, 9.17) is 0 Å². The van der Waals surface area contributed by atoms with Crippen LogP contribution in [0, 0.1) is 6.92 Å². The van der Waals surface area contributed by atoms with Crippen molar-refractivity contribution >= 4 is 52.2 Å². The lowest BCUT2D eigenvalue weighted by Crippen LogP contribution is -2.37. The molecule has 0 spiro atoms. The van der Waals surface area contributed by atoms with E-state index in [9.17, 15) is 0 Å². The Bertz CT molecular complexity index is 868. The SMILES string of the molecule is CCc1nc(CNC(=NC)NCCc2c[nH]c3cccc(C)c23)cs1.I. The van der Waals surface area contributed by atoms with Crippen molar-refractivity contribution in [1.29, 1.82) is 0 Å². The van der Waals surface area contributed by atoms with Crippen LogP contribution < -0.4 is 10.6 Å². The summed E-state index contributed by atoms with van der Waals surface area (Å²) in [6.07, 6.45) is 4.04. The number of rotatable bonds is 6. The van der Waals surface area contributed by atoms with Crippen LogP contribution in [-0.2, 0) is 19.4 Å². The Hall–Kier alpha value is -1.61. The van der Waals surface area contributed by atoms with Crippen molar-refractivity contribution in [2.75, 3.05) is 13.6 Å². The number of H-pyrrole nitrogens is 1. The van der Waals surface area contributed by atoms with E-state index in [1.807, 2.05) is 0 Å². The molecule has 0 saturated heterocycles. The average molecular weight is 483 g/mol. The van der Waals surface area contributed by atoms with E-state index in [0.717, 1.165) is 31.0 Å². The van der Waals surface area contributed by atoms with E-state index >= 15 is 0 Å². The van der Waals surface area contributed by atoms with Gasteiger partial charge >= 0.3 is 0 Å². The molecule has 3 rings (SSSR count). The lowest BCUT2D eigenvalue weighted by Gasteiger charge is -2.11. The summed E-state index contributed by atoms with van der Waals surface area (Å²) in [5, 5.41) is 11.3. The predicted octanol–water partition coefficient (Wildman–Crippen LogP) is 4.02. The summed E-state index contributed by atoms with van der Waals surface area (Å²) in [5.74, 6) is 0.808. The van der Waals surface area contributed by atoms with Crippen LogP contribution in [0.5, 0.6) is 0 Å². The van der Waals surface area contributed by atoms with Crippen molar-refractivity contribution in [3.63, 3.8) is 0 Å². The number of aromatic nitrogens is 2. The first-order chi connectivity index (χ1) is 12.2. The maximum Gasteiger partial charge on any atom is 0.191 e. The molecular formula is C19H26IN5S. The molecule has 0 amide bonds. The van der Waals surface area contributed by atoms with Crippen LogP contribution in [0.25, 0.3) is 10.9 Å². The van der Waals surface area contributed by atoms with Gasteiger partial charge in [0, 0.05) is 36.1 Å². The Balaban J connectivity index is 0.00000243. The summed E-state index contributed by atoms with van der Waals surface area (Å²) in [6, 6.07) is 6.37. The van der Waals surface area contributed by atoms with Crippen LogP contribution >= 0.6 is 35.3 Å². The maximum atomic E-state index is 4.57. The van der Waals surface area contributed by atoms with Crippen molar-refractivity contribution in [2.45, 2.75) is 33.2 Å². The molecule has 0 atom stereocenters. The summed E-state index contributed by atoms with van der Waals surface area (Å²) >= 11 is 1.71. The fraction of sp³-hybridized carbons (Fsp3) is 0.368. The molecule has 2 heterocycles. The Kier molecular flexibility index (Phi) is 7.89. The predicted molar refractivity (Wildman–Crippen MR) is 122 cm³/mol. The number of hydrogen-bond donors (Lipinski definition) is 3. The zero-order valence-electron chi connectivity index (χ0n) is 15.4. The van der Waals surface area contributed by atoms with Gasteiger partial charge in [-0.15, -0.1) is 35.3 Å². The van der Waals surface area contributed by atoms with Crippen LogP contribution in [-0.4, -0.2) is 29.5 Å². The number of guanidine groups is 1. The van der Waals surface area contributed by atoms with Gasteiger partial charge in [0.2, 0.25) is 0 Å². The Morgan fingerprint density at radius 1 is 1.31 bits per heavy atom. The molecule has 0 saturated carbocycles. The topological polar surface area (TPSA) is 65.1 Å². The highest BCUT2D eigenvalue weighted by atomic mass is 127. The number of thiazole rings is 1. The highest BCUT2D eigenvalue weighted by molar-refractivity contribution is 14.0. The summed E-state index contributed by atoms with van der Waals surface area (Å²) in [7, 11) is 1.80. The van der Waals surface area contributed by atoms with E-state index in [1.165, 1.54) is 27.0 Å². The molecule has 3 aromatic rings. The van der Waals surface area contributed by atoms with Crippen LogP contribution in [0.1, 0.15) is 28.8 Å². The minimum atomic E-state index is 0. The maximum absolute atomic E-state index is 4.57. The number of nitrogens with one attached hydrogen (secondary N) is 3. The molecule has 0 fully saturated rings. The Labute approximate surface area is 175 Å². The third kappa shape index (κ3) is 4.97. The van der Waals surface area contributed by atoms with Gasteiger partial charge in [0.15, 0.2) is 5.96 Å².